The number of sulfonamides is 1. The van der Waals surface area contributed by atoms with Gasteiger partial charge < -0.3 is 4.74 Å². The molecule has 0 fully saturated rings. The Balaban J connectivity index is 3.03. The third kappa shape index (κ3) is 3.77. The van der Waals surface area contributed by atoms with Crippen molar-refractivity contribution in [3.63, 3.8) is 0 Å². The maximum absolute atomic E-state index is 12.0. The Bertz CT molecular complexity index is 500. The van der Waals surface area contributed by atoms with E-state index in [1.807, 2.05) is 13.8 Å². The van der Waals surface area contributed by atoms with Gasteiger partial charge in [-0.25, -0.2) is 13.1 Å². The second-order valence-corrected chi connectivity index (χ2v) is 6.35. The maximum Gasteiger partial charge on any atom is 0.241 e. The SMILES string of the molecule is COCCNS(=O)(=O)c1cc(C)c(C)cc1Br. The molecule has 0 heterocycles. The quantitative estimate of drug-likeness (QED) is 0.844. The Morgan fingerprint density at radius 1 is 1.29 bits per heavy atom. The van der Waals surface area contributed by atoms with E-state index in [2.05, 4.69) is 20.7 Å². The lowest BCUT2D eigenvalue weighted by Gasteiger charge is -2.10. The zero-order valence-electron chi connectivity index (χ0n) is 10.1. The molecule has 0 amide bonds. The summed E-state index contributed by atoms with van der Waals surface area (Å²) in [5.41, 5.74) is 1.99. The highest BCUT2D eigenvalue weighted by Crippen LogP contribution is 2.25. The number of rotatable bonds is 5. The van der Waals surface area contributed by atoms with Gasteiger partial charge in [-0.3, -0.25) is 0 Å². The predicted molar refractivity (Wildman–Crippen MR) is 70.7 cm³/mol. The Morgan fingerprint density at radius 3 is 2.47 bits per heavy atom. The van der Waals surface area contributed by atoms with Crippen molar-refractivity contribution < 1.29 is 13.2 Å². The van der Waals surface area contributed by atoms with Crippen LogP contribution in [0.5, 0.6) is 0 Å². The van der Waals surface area contributed by atoms with Crippen molar-refractivity contribution in [3.8, 4) is 0 Å². The van der Waals surface area contributed by atoms with Crippen LogP contribution in [0.25, 0.3) is 0 Å². The van der Waals surface area contributed by atoms with Crippen LogP contribution >= 0.6 is 15.9 Å². The number of benzene rings is 1. The van der Waals surface area contributed by atoms with E-state index < -0.39 is 10.0 Å². The maximum atomic E-state index is 12.0. The van der Waals surface area contributed by atoms with Crippen LogP contribution in [0.15, 0.2) is 21.5 Å². The lowest BCUT2D eigenvalue weighted by Crippen LogP contribution is -2.27. The minimum Gasteiger partial charge on any atom is -0.383 e. The minimum absolute atomic E-state index is 0.261. The summed E-state index contributed by atoms with van der Waals surface area (Å²) in [6.45, 7) is 4.44. The Labute approximate surface area is 111 Å². The van der Waals surface area contributed by atoms with Crippen LogP contribution in [0.2, 0.25) is 0 Å². The van der Waals surface area contributed by atoms with E-state index in [0.29, 0.717) is 11.1 Å². The fourth-order valence-corrected chi connectivity index (χ4v) is 3.57. The van der Waals surface area contributed by atoms with Crippen molar-refractivity contribution >= 4 is 26.0 Å². The van der Waals surface area contributed by atoms with E-state index in [-0.39, 0.29) is 11.4 Å². The molecule has 0 aliphatic rings. The molecule has 1 N–H and O–H groups in total. The fourth-order valence-electron chi connectivity index (χ4n) is 1.32. The second-order valence-electron chi connectivity index (χ2n) is 3.76. The highest BCUT2D eigenvalue weighted by molar-refractivity contribution is 9.10. The number of hydrogen-bond acceptors (Lipinski definition) is 3. The summed E-state index contributed by atoms with van der Waals surface area (Å²) < 4.78 is 31.9. The van der Waals surface area contributed by atoms with Gasteiger partial charge in [-0.15, -0.1) is 0 Å². The molecule has 17 heavy (non-hydrogen) atoms. The summed E-state index contributed by atoms with van der Waals surface area (Å²) >= 11 is 3.28. The first-order valence-corrected chi connectivity index (χ1v) is 7.41. The third-order valence-electron chi connectivity index (χ3n) is 2.44. The monoisotopic (exact) mass is 321 g/mol. The van der Waals surface area contributed by atoms with E-state index in [4.69, 9.17) is 4.74 Å². The van der Waals surface area contributed by atoms with Crippen LogP contribution in [0.1, 0.15) is 11.1 Å². The average Bonchev–Trinajstić information content (AvgIpc) is 2.23. The molecule has 0 saturated carbocycles. The molecule has 0 spiro atoms. The molecule has 1 rings (SSSR count). The standard InChI is InChI=1S/C11H16BrNO3S/c1-8-6-10(12)11(7-9(8)2)17(14,15)13-4-5-16-3/h6-7,13H,4-5H2,1-3H3. The smallest absolute Gasteiger partial charge is 0.241 e. The highest BCUT2D eigenvalue weighted by Gasteiger charge is 2.17. The molecule has 0 saturated heterocycles. The van der Waals surface area contributed by atoms with Gasteiger partial charge in [0.2, 0.25) is 10.0 Å². The summed E-state index contributed by atoms with van der Waals surface area (Å²) in [6, 6.07) is 3.47. The van der Waals surface area contributed by atoms with Crippen LogP contribution in [0.3, 0.4) is 0 Å². The lowest BCUT2D eigenvalue weighted by molar-refractivity contribution is 0.204. The van der Waals surface area contributed by atoms with Crippen LogP contribution in [-0.4, -0.2) is 28.7 Å². The van der Waals surface area contributed by atoms with Gasteiger partial charge in [0, 0.05) is 18.1 Å². The zero-order chi connectivity index (χ0) is 13.1. The van der Waals surface area contributed by atoms with Gasteiger partial charge in [0.15, 0.2) is 0 Å². The minimum atomic E-state index is -3.48. The Hall–Kier alpha value is -0.430. The molecule has 0 aliphatic carbocycles. The summed E-state index contributed by atoms with van der Waals surface area (Å²) in [6.07, 6.45) is 0. The summed E-state index contributed by atoms with van der Waals surface area (Å²) in [4.78, 5) is 0.261. The first-order valence-electron chi connectivity index (χ1n) is 5.14. The molecule has 0 bridgehead atoms. The molecule has 1 aromatic carbocycles. The van der Waals surface area contributed by atoms with Crippen LogP contribution in [-0.2, 0) is 14.8 Å². The first kappa shape index (κ1) is 14.6. The number of hydrogen-bond donors (Lipinski definition) is 1. The molecule has 0 aromatic heterocycles. The van der Waals surface area contributed by atoms with Crippen molar-refractivity contribution in [1.29, 1.82) is 0 Å². The molecular formula is C11H16BrNO3S. The van der Waals surface area contributed by atoms with Crippen molar-refractivity contribution in [2.45, 2.75) is 18.7 Å². The van der Waals surface area contributed by atoms with Crippen molar-refractivity contribution in [2.75, 3.05) is 20.3 Å². The van der Waals surface area contributed by atoms with E-state index in [1.165, 1.54) is 7.11 Å². The summed E-state index contributed by atoms with van der Waals surface area (Å²) in [5.74, 6) is 0. The number of aryl methyl sites for hydroxylation is 2. The molecule has 1 aromatic rings. The zero-order valence-corrected chi connectivity index (χ0v) is 12.5. The molecule has 4 nitrogen and oxygen atoms in total. The largest absolute Gasteiger partial charge is 0.383 e. The normalized spacial score (nSPS) is 11.8. The van der Waals surface area contributed by atoms with E-state index in [1.54, 1.807) is 12.1 Å². The number of nitrogens with one attached hydrogen (secondary N) is 1. The van der Waals surface area contributed by atoms with Crippen LogP contribution in [0, 0.1) is 13.8 Å². The highest BCUT2D eigenvalue weighted by atomic mass is 79.9. The number of methoxy groups -OCH3 is 1. The Kier molecular flexibility index (Phi) is 5.12. The average molecular weight is 322 g/mol. The Morgan fingerprint density at radius 2 is 1.88 bits per heavy atom. The van der Waals surface area contributed by atoms with Gasteiger partial charge in [-0.1, -0.05) is 0 Å². The number of ether oxygens (including phenoxy) is 1. The van der Waals surface area contributed by atoms with Gasteiger partial charge in [0.1, 0.15) is 0 Å². The molecular weight excluding hydrogens is 306 g/mol. The second kappa shape index (κ2) is 5.95. The van der Waals surface area contributed by atoms with Crippen LogP contribution in [0.4, 0.5) is 0 Å². The molecule has 6 heteroatoms. The van der Waals surface area contributed by atoms with Crippen molar-refractivity contribution in [1.82, 2.24) is 4.72 Å². The van der Waals surface area contributed by atoms with Crippen molar-refractivity contribution in [2.24, 2.45) is 0 Å². The van der Waals surface area contributed by atoms with Gasteiger partial charge in [-0.05, 0) is 53.0 Å². The molecule has 0 atom stereocenters. The van der Waals surface area contributed by atoms with Gasteiger partial charge in [-0.2, -0.15) is 0 Å². The lowest BCUT2D eigenvalue weighted by atomic mass is 10.1. The van der Waals surface area contributed by atoms with E-state index in [9.17, 15) is 8.42 Å². The first-order chi connectivity index (χ1) is 7.88. The molecule has 0 aliphatic heterocycles. The molecule has 0 unspecified atom stereocenters. The van der Waals surface area contributed by atoms with Crippen LogP contribution < -0.4 is 4.72 Å². The fraction of sp³-hybridized carbons (Fsp3) is 0.455. The number of halogens is 1. The summed E-state index contributed by atoms with van der Waals surface area (Å²) in [5, 5.41) is 0. The van der Waals surface area contributed by atoms with Gasteiger partial charge >= 0.3 is 0 Å². The van der Waals surface area contributed by atoms with Gasteiger partial charge in [0.05, 0.1) is 11.5 Å². The molecule has 0 radical (unpaired) electrons. The van der Waals surface area contributed by atoms with E-state index >= 15 is 0 Å². The predicted octanol–water partition coefficient (Wildman–Crippen LogP) is 1.99. The topological polar surface area (TPSA) is 55.4 Å². The van der Waals surface area contributed by atoms with E-state index in [0.717, 1.165) is 11.1 Å². The van der Waals surface area contributed by atoms with Crippen molar-refractivity contribution in [3.05, 3.63) is 27.7 Å². The third-order valence-corrected chi connectivity index (χ3v) is 4.86. The van der Waals surface area contributed by atoms with Gasteiger partial charge in [0.25, 0.3) is 0 Å². The molecule has 96 valence electrons. The summed E-state index contributed by atoms with van der Waals surface area (Å²) in [7, 11) is -1.95.